The minimum absolute atomic E-state index is 0.508. The summed E-state index contributed by atoms with van der Waals surface area (Å²) in [4.78, 5) is 8.09. The molecule has 0 radical (unpaired) electrons. The number of hydrogen-bond donors (Lipinski definition) is 2. The largest absolute Gasteiger partial charge is 0.338 e. The molecule has 19 heavy (non-hydrogen) atoms. The molecular formula is C16H17N3. The fraction of sp³-hybridized carbons (Fsp3) is 0.188. The maximum absolute atomic E-state index is 5.76. The maximum Gasteiger partial charge on any atom is 0.138 e. The van der Waals surface area contributed by atoms with E-state index in [1.165, 1.54) is 11.1 Å². The number of aromatic amines is 1. The molecule has 96 valence electrons. The molecule has 3 N–H and O–H groups in total. The van der Waals surface area contributed by atoms with Gasteiger partial charge in [-0.3, -0.25) is 0 Å². The summed E-state index contributed by atoms with van der Waals surface area (Å²) in [6.07, 6.45) is 0. The molecule has 0 spiro atoms. The molecule has 0 fully saturated rings. The van der Waals surface area contributed by atoms with Crippen LogP contribution in [0, 0.1) is 13.8 Å². The molecule has 3 aromatic rings. The second kappa shape index (κ2) is 4.52. The van der Waals surface area contributed by atoms with Crippen molar-refractivity contribution >= 4 is 11.0 Å². The highest BCUT2D eigenvalue weighted by Crippen LogP contribution is 2.25. The molecule has 0 aliphatic carbocycles. The Morgan fingerprint density at radius 1 is 1.16 bits per heavy atom. The first-order chi connectivity index (χ1) is 9.19. The predicted molar refractivity (Wildman–Crippen MR) is 78.9 cm³/mol. The minimum Gasteiger partial charge on any atom is -0.338 e. The molecule has 0 aliphatic rings. The van der Waals surface area contributed by atoms with Gasteiger partial charge in [-0.05, 0) is 31.0 Å². The van der Waals surface area contributed by atoms with E-state index in [0.717, 1.165) is 28.0 Å². The molecule has 0 amide bonds. The number of benzene rings is 2. The number of nitrogens with zero attached hydrogens (tertiary/aromatic N) is 1. The molecule has 0 bridgehead atoms. The van der Waals surface area contributed by atoms with Gasteiger partial charge in [-0.25, -0.2) is 4.98 Å². The van der Waals surface area contributed by atoms with Crippen molar-refractivity contribution in [3.63, 3.8) is 0 Å². The number of fused-ring (bicyclic) bond motifs is 1. The molecule has 0 atom stereocenters. The molecule has 0 aliphatic heterocycles. The van der Waals surface area contributed by atoms with Crippen molar-refractivity contribution in [2.45, 2.75) is 20.4 Å². The van der Waals surface area contributed by atoms with Gasteiger partial charge in [-0.2, -0.15) is 0 Å². The van der Waals surface area contributed by atoms with Crippen LogP contribution in [-0.2, 0) is 6.54 Å². The van der Waals surface area contributed by atoms with Crippen LogP contribution in [0.3, 0.4) is 0 Å². The van der Waals surface area contributed by atoms with Crippen molar-refractivity contribution in [1.82, 2.24) is 9.97 Å². The lowest BCUT2D eigenvalue weighted by Gasteiger charge is -2.03. The number of aromatic nitrogens is 2. The Labute approximate surface area is 112 Å². The summed E-state index contributed by atoms with van der Waals surface area (Å²) < 4.78 is 0. The summed E-state index contributed by atoms with van der Waals surface area (Å²) in [6, 6.07) is 12.5. The van der Waals surface area contributed by atoms with E-state index in [-0.39, 0.29) is 0 Å². The van der Waals surface area contributed by atoms with Gasteiger partial charge in [0.1, 0.15) is 5.82 Å². The lowest BCUT2D eigenvalue weighted by Crippen LogP contribution is -1.96. The van der Waals surface area contributed by atoms with Crippen LogP contribution in [-0.4, -0.2) is 9.97 Å². The summed E-state index contributed by atoms with van der Waals surface area (Å²) in [5.41, 5.74) is 12.5. The summed E-state index contributed by atoms with van der Waals surface area (Å²) in [5, 5.41) is 0. The average molecular weight is 251 g/mol. The summed E-state index contributed by atoms with van der Waals surface area (Å²) >= 11 is 0. The number of H-pyrrole nitrogens is 1. The smallest absolute Gasteiger partial charge is 0.138 e. The van der Waals surface area contributed by atoms with E-state index in [4.69, 9.17) is 10.7 Å². The van der Waals surface area contributed by atoms with E-state index in [0.29, 0.717) is 6.54 Å². The molecule has 1 aromatic heterocycles. The summed E-state index contributed by atoms with van der Waals surface area (Å²) in [5.74, 6) is 0.911. The first-order valence-electron chi connectivity index (χ1n) is 6.44. The van der Waals surface area contributed by atoms with E-state index in [1.807, 2.05) is 18.2 Å². The van der Waals surface area contributed by atoms with Gasteiger partial charge in [-0.15, -0.1) is 0 Å². The topological polar surface area (TPSA) is 54.7 Å². The summed E-state index contributed by atoms with van der Waals surface area (Å²) in [7, 11) is 0. The Morgan fingerprint density at radius 2 is 2.00 bits per heavy atom. The number of imidazole rings is 1. The zero-order valence-corrected chi connectivity index (χ0v) is 11.2. The van der Waals surface area contributed by atoms with Gasteiger partial charge < -0.3 is 10.7 Å². The first-order valence-corrected chi connectivity index (χ1v) is 6.44. The lowest BCUT2D eigenvalue weighted by molar-refractivity contribution is 1.08. The van der Waals surface area contributed by atoms with E-state index in [9.17, 15) is 0 Å². The van der Waals surface area contributed by atoms with Crippen LogP contribution in [0.25, 0.3) is 22.4 Å². The fourth-order valence-corrected chi connectivity index (χ4v) is 2.46. The molecular weight excluding hydrogens is 234 g/mol. The Kier molecular flexibility index (Phi) is 2.84. The molecule has 0 saturated carbocycles. The van der Waals surface area contributed by atoms with Crippen molar-refractivity contribution in [3.05, 3.63) is 53.1 Å². The first kappa shape index (κ1) is 11.9. The van der Waals surface area contributed by atoms with E-state index in [1.54, 1.807) is 0 Å². The number of para-hydroxylation sites is 1. The van der Waals surface area contributed by atoms with Crippen LogP contribution in [0.5, 0.6) is 0 Å². The Hall–Kier alpha value is -2.13. The van der Waals surface area contributed by atoms with Gasteiger partial charge in [0.2, 0.25) is 0 Å². The average Bonchev–Trinajstić information content (AvgIpc) is 2.81. The minimum atomic E-state index is 0.508. The fourth-order valence-electron chi connectivity index (χ4n) is 2.46. The standard InChI is InChI=1S/C16H17N3/c1-10-6-7-13(11(2)8-10)16-18-14-5-3-4-12(9-17)15(14)19-16/h3-8H,9,17H2,1-2H3,(H,18,19). The highest BCUT2D eigenvalue weighted by Gasteiger charge is 2.09. The van der Waals surface area contributed by atoms with Crippen molar-refractivity contribution in [2.24, 2.45) is 5.73 Å². The number of nitrogens with one attached hydrogen (secondary N) is 1. The number of rotatable bonds is 2. The molecule has 3 nitrogen and oxygen atoms in total. The van der Waals surface area contributed by atoms with Crippen molar-refractivity contribution < 1.29 is 0 Å². The van der Waals surface area contributed by atoms with E-state index >= 15 is 0 Å². The van der Waals surface area contributed by atoms with Gasteiger partial charge in [0.15, 0.2) is 0 Å². The Balaban J connectivity index is 2.20. The van der Waals surface area contributed by atoms with Crippen LogP contribution < -0.4 is 5.73 Å². The monoisotopic (exact) mass is 251 g/mol. The maximum atomic E-state index is 5.76. The third kappa shape index (κ3) is 2.02. The predicted octanol–water partition coefficient (Wildman–Crippen LogP) is 3.31. The van der Waals surface area contributed by atoms with Crippen molar-refractivity contribution in [2.75, 3.05) is 0 Å². The lowest BCUT2D eigenvalue weighted by atomic mass is 10.1. The highest BCUT2D eigenvalue weighted by atomic mass is 14.9. The molecule has 3 heteroatoms. The van der Waals surface area contributed by atoms with Gasteiger partial charge in [-0.1, -0.05) is 35.9 Å². The van der Waals surface area contributed by atoms with Crippen molar-refractivity contribution in [1.29, 1.82) is 0 Å². The quantitative estimate of drug-likeness (QED) is 0.734. The van der Waals surface area contributed by atoms with Gasteiger partial charge in [0, 0.05) is 12.1 Å². The third-order valence-corrected chi connectivity index (χ3v) is 3.45. The van der Waals surface area contributed by atoms with Gasteiger partial charge in [0.05, 0.1) is 11.0 Å². The molecule has 1 heterocycles. The summed E-state index contributed by atoms with van der Waals surface area (Å²) in [6.45, 7) is 4.72. The number of aryl methyl sites for hydroxylation is 2. The zero-order valence-electron chi connectivity index (χ0n) is 11.2. The normalized spacial score (nSPS) is 11.1. The van der Waals surface area contributed by atoms with Crippen LogP contribution in [0.15, 0.2) is 36.4 Å². The second-order valence-electron chi connectivity index (χ2n) is 4.92. The van der Waals surface area contributed by atoms with Crippen LogP contribution in [0.1, 0.15) is 16.7 Å². The molecule has 3 rings (SSSR count). The van der Waals surface area contributed by atoms with E-state index < -0.39 is 0 Å². The third-order valence-electron chi connectivity index (χ3n) is 3.45. The number of hydrogen-bond acceptors (Lipinski definition) is 2. The van der Waals surface area contributed by atoms with Gasteiger partial charge >= 0.3 is 0 Å². The molecule has 0 unspecified atom stereocenters. The van der Waals surface area contributed by atoms with Gasteiger partial charge in [0.25, 0.3) is 0 Å². The Bertz CT molecular complexity index is 741. The molecule has 2 aromatic carbocycles. The highest BCUT2D eigenvalue weighted by molar-refractivity contribution is 5.82. The molecule has 0 saturated heterocycles. The van der Waals surface area contributed by atoms with Crippen molar-refractivity contribution in [3.8, 4) is 11.4 Å². The second-order valence-corrected chi connectivity index (χ2v) is 4.92. The zero-order chi connectivity index (χ0) is 13.4. The SMILES string of the molecule is Cc1ccc(-c2nc3c(CN)cccc3[nH]2)c(C)c1. The Morgan fingerprint density at radius 3 is 2.74 bits per heavy atom. The number of nitrogens with two attached hydrogens (primary N) is 1. The van der Waals surface area contributed by atoms with Crippen LogP contribution in [0.4, 0.5) is 0 Å². The van der Waals surface area contributed by atoms with E-state index in [2.05, 4.69) is 37.0 Å². The van der Waals surface area contributed by atoms with Crippen LogP contribution >= 0.6 is 0 Å². The van der Waals surface area contributed by atoms with Crippen LogP contribution in [0.2, 0.25) is 0 Å².